The van der Waals surface area contributed by atoms with E-state index in [9.17, 15) is 0 Å². The third-order valence-corrected chi connectivity index (χ3v) is 2.08. The fourth-order valence-electron chi connectivity index (χ4n) is 1.14. The van der Waals surface area contributed by atoms with E-state index in [0.29, 0.717) is 25.1 Å². The molecule has 1 heterocycles. The number of ether oxygens (including phenoxy) is 1. The number of hydrogen-bond acceptors (Lipinski definition) is 6. The topological polar surface area (TPSA) is 63.4 Å². The number of hydrogen-bond donors (Lipinski definition) is 1. The van der Waals surface area contributed by atoms with E-state index in [1.165, 1.54) is 0 Å². The Morgan fingerprint density at radius 2 is 2.19 bits per heavy atom. The fourth-order valence-corrected chi connectivity index (χ4v) is 1.14. The molecule has 0 spiro atoms. The molecule has 0 aliphatic heterocycles. The molecule has 0 aliphatic carbocycles. The highest BCUT2D eigenvalue weighted by molar-refractivity contribution is 5.21. The third kappa shape index (κ3) is 4.16. The molecule has 0 saturated heterocycles. The first kappa shape index (κ1) is 12.9. The maximum Gasteiger partial charge on any atom is 0.318 e. The van der Waals surface area contributed by atoms with Crippen molar-refractivity contribution in [3.8, 4) is 0 Å². The second-order valence-electron chi connectivity index (χ2n) is 3.38. The van der Waals surface area contributed by atoms with E-state index in [4.69, 9.17) is 9.15 Å². The van der Waals surface area contributed by atoms with Gasteiger partial charge in [0.2, 0.25) is 5.89 Å². The molecular formula is C10H20N4O2. The van der Waals surface area contributed by atoms with Crippen molar-refractivity contribution in [2.24, 2.45) is 0 Å². The lowest BCUT2D eigenvalue weighted by atomic mass is 10.6. The summed E-state index contributed by atoms with van der Waals surface area (Å²) in [7, 11) is 1.91. The summed E-state index contributed by atoms with van der Waals surface area (Å²) in [4.78, 5) is 1.89. The Morgan fingerprint density at radius 1 is 1.38 bits per heavy atom. The molecular weight excluding hydrogens is 208 g/mol. The van der Waals surface area contributed by atoms with Crippen molar-refractivity contribution in [1.29, 1.82) is 0 Å². The maximum absolute atomic E-state index is 5.46. The zero-order valence-corrected chi connectivity index (χ0v) is 10.2. The zero-order chi connectivity index (χ0) is 11.8. The van der Waals surface area contributed by atoms with Crippen LogP contribution in [0.15, 0.2) is 4.42 Å². The molecule has 6 heteroatoms. The van der Waals surface area contributed by atoms with Crippen LogP contribution >= 0.6 is 0 Å². The summed E-state index contributed by atoms with van der Waals surface area (Å²) in [5.41, 5.74) is 0. The second-order valence-corrected chi connectivity index (χ2v) is 3.38. The monoisotopic (exact) mass is 228 g/mol. The van der Waals surface area contributed by atoms with Crippen molar-refractivity contribution in [2.45, 2.75) is 20.4 Å². The molecule has 0 amide bonds. The molecule has 16 heavy (non-hydrogen) atoms. The Bertz CT molecular complexity index is 290. The van der Waals surface area contributed by atoms with Crippen LogP contribution in [-0.2, 0) is 11.3 Å². The molecule has 0 atom stereocenters. The highest BCUT2D eigenvalue weighted by Crippen LogP contribution is 2.09. The first-order valence-corrected chi connectivity index (χ1v) is 5.59. The SMILES string of the molecule is CCNCc1nnc(N(C)CCOCC)o1. The Balaban J connectivity index is 2.37. The Kier molecular flexibility index (Phi) is 5.81. The molecule has 0 saturated carbocycles. The van der Waals surface area contributed by atoms with Gasteiger partial charge in [0, 0.05) is 20.2 Å². The van der Waals surface area contributed by atoms with Crippen molar-refractivity contribution in [1.82, 2.24) is 15.5 Å². The van der Waals surface area contributed by atoms with E-state index in [0.717, 1.165) is 19.7 Å². The summed E-state index contributed by atoms with van der Waals surface area (Å²) in [5, 5.41) is 11.0. The van der Waals surface area contributed by atoms with Crippen LogP contribution in [0.2, 0.25) is 0 Å². The molecule has 0 radical (unpaired) electrons. The quantitative estimate of drug-likeness (QED) is 0.659. The largest absolute Gasteiger partial charge is 0.407 e. The van der Waals surface area contributed by atoms with Gasteiger partial charge in [0.15, 0.2) is 0 Å². The summed E-state index contributed by atoms with van der Waals surface area (Å²) in [5.74, 6) is 0.611. The van der Waals surface area contributed by atoms with Gasteiger partial charge in [-0.25, -0.2) is 0 Å². The van der Waals surface area contributed by atoms with Crippen LogP contribution in [-0.4, -0.2) is 43.5 Å². The first-order chi connectivity index (χ1) is 7.77. The molecule has 1 aromatic rings. The van der Waals surface area contributed by atoms with Gasteiger partial charge in [0.05, 0.1) is 13.2 Å². The van der Waals surface area contributed by atoms with Crippen LogP contribution in [0, 0.1) is 0 Å². The summed E-state index contributed by atoms with van der Waals surface area (Å²) in [6, 6.07) is 0.535. The van der Waals surface area contributed by atoms with Gasteiger partial charge in [-0.15, -0.1) is 5.10 Å². The third-order valence-electron chi connectivity index (χ3n) is 2.08. The Labute approximate surface area is 96.0 Å². The summed E-state index contributed by atoms with van der Waals surface area (Å²) < 4.78 is 10.7. The van der Waals surface area contributed by atoms with Crippen molar-refractivity contribution in [3.63, 3.8) is 0 Å². The van der Waals surface area contributed by atoms with E-state index < -0.39 is 0 Å². The maximum atomic E-state index is 5.46. The predicted molar refractivity (Wildman–Crippen MR) is 61.4 cm³/mol. The smallest absolute Gasteiger partial charge is 0.318 e. The van der Waals surface area contributed by atoms with Crippen LogP contribution in [0.4, 0.5) is 6.01 Å². The lowest BCUT2D eigenvalue weighted by Gasteiger charge is -2.12. The summed E-state index contributed by atoms with van der Waals surface area (Å²) in [6.45, 7) is 7.64. The van der Waals surface area contributed by atoms with Crippen LogP contribution in [0.5, 0.6) is 0 Å². The standard InChI is InChI=1S/C10H20N4O2/c1-4-11-8-9-12-13-10(16-9)14(3)6-7-15-5-2/h11H,4-8H2,1-3H3. The number of anilines is 1. The minimum atomic E-state index is 0.535. The highest BCUT2D eigenvalue weighted by Gasteiger charge is 2.09. The molecule has 0 unspecified atom stereocenters. The van der Waals surface area contributed by atoms with E-state index in [1.54, 1.807) is 0 Å². The molecule has 0 aliphatic rings. The van der Waals surface area contributed by atoms with Crippen molar-refractivity contribution < 1.29 is 9.15 Å². The zero-order valence-electron chi connectivity index (χ0n) is 10.2. The minimum absolute atomic E-state index is 0.535. The van der Waals surface area contributed by atoms with E-state index in [1.807, 2.05) is 25.8 Å². The lowest BCUT2D eigenvalue weighted by molar-refractivity contribution is 0.154. The number of nitrogens with zero attached hydrogens (tertiary/aromatic N) is 3. The van der Waals surface area contributed by atoms with E-state index >= 15 is 0 Å². The molecule has 92 valence electrons. The second kappa shape index (κ2) is 7.19. The summed E-state index contributed by atoms with van der Waals surface area (Å²) >= 11 is 0. The van der Waals surface area contributed by atoms with Crippen LogP contribution in [0.1, 0.15) is 19.7 Å². The molecule has 6 nitrogen and oxygen atoms in total. The van der Waals surface area contributed by atoms with E-state index in [2.05, 4.69) is 15.5 Å². The normalized spacial score (nSPS) is 10.7. The number of likely N-dealkylation sites (N-methyl/N-ethyl adjacent to an activating group) is 1. The Hall–Kier alpha value is -1.14. The molecule has 0 bridgehead atoms. The van der Waals surface area contributed by atoms with Crippen molar-refractivity contribution in [2.75, 3.05) is 38.3 Å². The van der Waals surface area contributed by atoms with Gasteiger partial charge >= 0.3 is 6.01 Å². The first-order valence-electron chi connectivity index (χ1n) is 5.59. The van der Waals surface area contributed by atoms with Gasteiger partial charge in [-0.1, -0.05) is 12.0 Å². The molecule has 0 aromatic carbocycles. The van der Waals surface area contributed by atoms with Gasteiger partial charge in [0.1, 0.15) is 0 Å². The number of rotatable bonds is 8. The minimum Gasteiger partial charge on any atom is -0.407 e. The lowest BCUT2D eigenvalue weighted by Crippen LogP contribution is -2.22. The number of nitrogens with one attached hydrogen (secondary N) is 1. The average Bonchev–Trinajstić information content (AvgIpc) is 2.75. The molecule has 0 fully saturated rings. The predicted octanol–water partition coefficient (Wildman–Crippen LogP) is 0.652. The van der Waals surface area contributed by atoms with Gasteiger partial charge in [0.25, 0.3) is 0 Å². The Morgan fingerprint density at radius 3 is 2.88 bits per heavy atom. The van der Waals surface area contributed by atoms with Gasteiger partial charge in [-0.2, -0.15) is 0 Å². The van der Waals surface area contributed by atoms with Crippen LogP contribution < -0.4 is 10.2 Å². The molecule has 1 rings (SSSR count). The van der Waals surface area contributed by atoms with Crippen molar-refractivity contribution >= 4 is 6.01 Å². The van der Waals surface area contributed by atoms with E-state index in [-0.39, 0.29) is 0 Å². The number of aromatic nitrogens is 2. The van der Waals surface area contributed by atoms with Gasteiger partial charge in [-0.3, -0.25) is 0 Å². The highest BCUT2D eigenvalue weighted by atomic mass is 16.5. The molecule has 1 N–H and O–H groups in total. The average molecular weight is 228 g/mol. The fraction of sp³-hybridized carbons (Fsp3) is 0.800. The van der Waals surface area contributed by atoms with Gasteiger partial charge in [-0.05, 0) is 13.5 Å². The molecule has 1 aromatic heterocycles. The van der Waals surface area contributed by atoms with Gasteiger partial charge < -0.3 is 19.4 Å². The van der Waals surface area contributed by atoms with Crippen LogP contribution in [0.25, 0.3) is 0 Å². The summed E-state index contributed by atoms with van der Waals surface area (Å²) in [6.07, 6.45) is 0. The van der Waals surface area contributed by atoms with Crippen LogP contribution in [0.3, 0.4) is 0 Å². The van der Waals surface area contributed by atoms with Crippen molar-refractivity contribution in [3.05, 3.63) is 5.89 Å².